The van der Waals surface area contributed by atoms with Crippen molar-refractivity contribution in [3.8, 4) is 11.5 Å². The van der Waals surface area contributed by atoms with Crippen LogP contribution in [0, 0.1) is 0 Å². The topological polar surface area (TPSA) is 35.5 Å². The average molecular weight is 413 g/mol. The zero-order chi connectivity index (χ0) is 18.7. The van der Waals surface area contributed by atoms with E-state index in [0.717, 1.165) is 20.8 Å². The minimum Gasteiger partial charge on any atom is -0.482 e. The molecule has 0 spiro atoms. The van der Waals surface area contributed by atoms with Gasteiger partial charge in [-0.1, -0.05) is 57.2 Å². The van der Waals surface area contributed by atoms with E-state index in [2.05, 4.69) is 36.7 Å². The summed E-state index contributed by atoms with van der Waals surface area (Å²) in [7, 11) is 0. The molecule has 0 atom stereocenters. The van der Waals surface area contributed by atoms with Gasteiger partial charge in [-0.3, -0.25) is 0 Å². The fraction of sp³-hybridized carbons (Fsp3) is 0.227. The maximum Gasteiger partial charge on any atom is 0.349 e. The standard InChI is InChI=1S/C22H21BrO3/c1-22(2,3)17-9-11-20(19(23)13-17)26-21(24)14-25-18-10-8-15-6-4-5-7-16(15)12-18/h4-13H,14H2,1-3H3. The van der Waals surface area contributed by atoms with Crippen LogP contribution in [0.1, 0.15) is 26.3 Å². The van der Waals surface area contributed by atoms with E-state index in [-0.39, 0.29) is 12.0 Å². The van der Waals surface area contributed by atoms with E-state index in [1.807, 2.05) is 54.6 Å². The highest BCUT2D eigenvalue weighted by molar-refractivity contribution is 9.10. The Bertz CT molecular complexity index is 942. The van der Waals surface area contributed by atoms with E-state index < -0.39 is 5.97 Å². The molecule has 0 unspecified atom stereocenters. The number of hydrogen-bond acceptors (Lipinski definition) is 3. The summed E-state index contributed by atoms with van der Waals surface area (Å²) in [6.45, 7) is 6.26. The Morgan fingerprint density at radius 3 is 2.38 bits per heavy atom. The second kappa shape index (κ2) is 7.50. The van der Waals surface area contributed by atoms with Crippen molar-refractivity contribution in [2.24, 2.45) is 0 Å². The average Bonchev–Trinajstić information content (AvgIpc) is 2.60. The van der Waals surface area contributed by atoms with Gasteiger partial charge < -0.3 is 9.47 Å². The molecule has 134 valence electrons. The molecule has 3 nitrogen and oxygen atoms in total. The maximum absolute atomic E-state index is 12.1. The van der Waals surface area contributed by atoms with Crippen molar-refractivity contribution >= 4 is 32.7 Å². The molecule has 3 rings (SSSR count). The number of halogens is 1. The van der Waals surface area contributed by atoms with Gasteiger partial charge in [0.05, 0.1) is 4.47 Å². The number of fused-ring (bicyclic) bond motifs is 1. The second-order valence-corrected chi connectivity index (χ2v) is 8.02. The molecular weight excluding hydrogens is 392 g/mol. The van der Waals surface area contributed by atoms with Gasteiger partial charge in [0.15, 0.2) is 6.61 Å². The number of hydrogen-bond donors (Lipinski definition) is 0. The van der Waals surface area contributed by atoms with Gasteiger partial charge in [-0.05, 0) is 61.9 Å². The number of ether oxygens (including phenoxy) is 2. The van der Waals surface area contributed by atoms with E-state index in [1.165, 1.54) is 0 Å². The van der Waals surface area contributed by atoms with Gasteiger partial charge in [0.2, 0.25) is 0 Å². The van der Waals surface area contributed by atoms with Crippen LogP contribution in [0.2, 0.25) is 0 Å². The minimum atomic E-state index is -0.442. The highest BCUT2D eigenvalue weighted by Gasteiger charge is 2.16. The first kappa shape index (κ1) is 18.5. The van der Waals surface area contributed by atoms with E-state index in [1.54, 1.807) is 6.07 Å². The minimum absolute atomic E-state index is 0.0320. The van der Waals surface area contributed by atoms with Crippen molar-refractivity contribution in [3.63, 3.8) is 0 Å². The highest BCUT2D eigenvalue weighted by Crippen LogP contribution is 2.31. The summed E-state index contributed by atoms with van der Waals surface area (Å²) in [6.07, 6.45) is 0. The van der Waals surface area contributed by atoms with Gasteiger partial charge in [-0.15, -0.1) is 0 Å². The molecule has 0 saturated carbocycles. The summed E-state index contributed by atoms with van der Waals surface area (Å²) in [4.78, 5) is 12.1. The third-order valence-corrected chi connectivity index (χ3v) is 4.72. The van der Waals surface area contributed by atoms with E-state index >= 15 is 0 Å². The van der Waals surface area contributed by atoms with Crippen LogP contribution in [0.3, 0.4) is 0 Å². The summed E-state index contributed by atoms with van der Waals surface area (Å²) in [6, 6.07) is 19.5. The molecule has 0 amide bonds. The van der Waals surface area contributed by atoms with Crippen molar-refractivity contribution in [2.75, 3.05) is 6.61 Å². The molecule has 4 heteroatoms. The summed E-state index contributed by atoms with van der Waals surface area (Å²) >= 11 is 3.47. The van der Waals surface area contributed by atoms with Crippen LogP contribution in [0.5, 0.6) is 11.5 Å². The van der Waals surface area contributed by atoms with Crippen molar-refractivity contribution in [3.05, 3.63) is 70.7 Å². The van der Waals surface area contributed by atoms with Crippen LogP contribution in [-0.4, -0.2) is 12.6 Å². The lowest BCUT2D eigenvalue weighted by Crippen LogP contribution is -2.18. The van der Waals surface area contributed by atoms with Gasteiger partial charge in [0.25, 0.3) is 0 Å². The van der Waals surface area contributed by atoms with E-state index in [4.69, 9.17) is 9.47 Å². The zero-order valence-electron chi connectivity index (χ0n) is 15.1. The molecule has 0 aliphatic heterocycles. The Kier molecular flexibility index (Phi) is 5.33. The number of rotatable bonds is 4. The quantitative estimate of drug-likeness (QED) is 0.396. The van der Waals surface area contributed by atoms with Crippen molar-refractivity contribution in [2.45, 2.75) is 26.2 Å². The number of benzene rings is 3. The lowest BCUT2D eigenvalue weighted by Gasteiger charge is -2.20. The fourth-order valence-electron chi connectivity index (χ4n) is 2.60. The monoisotopic (exact) mass is 412 g/mol. The van der Waals surface area contributed by atoms with Crippen LogP contribution >= 0.6 is 15.9 Å². The molecule has 0 radical (unpaired) electrons. The predicted molar refractivity (Wildman–Crippen MR) is 108 cm³/mol. The highest BCUT2D eigenvalue weighted by atomic mass is 79.9. The van der Waals surface area contributed by atoms with Crippen molar-refractivity contribution in [1.29, 1.82) is 0 Å². The van der Waals surface area contributed by atoms with Crippen molar-refractivity contribution < 1.29 is 14.3 Å². The van der Waals surface area contributed by atoms with Crippen LogP contribution in [0.4, 0.5) is 0 Å². The summed E-state index contributed by atoms with van der Waals surface area (Å²) < 4.78 is 11.7. The second-order valence-electron chi connectivity index (χ2n) is 7.17. The Labute approximate surface area is 162 Å². The Balaban J connectivity index is 1.63. The zero-order valence-corrected chi connectivity index (χ0v) is 16.7. The van der Waals surface area contributed by atoms with Gasteiger partial charge in [0.1, 0.15) is 11.5 Å². The molecule has 0 bridgehead atoms. The molecule has 0 aliphatic rings. The molecule has 0 fully saturated rings. The lowest BCUT2D eigenvalue weighted by molar-refractivity contribution is -0.136. The first-order valence-corrected chi connectivity index (χ1v) is 9.24. The van der Waals surface area contributed by atoms with Crippen LogP contribution in [0.15, 0.2) is 65.1 Å². The molecule has 0 heterocycles. The molecule has 0 aliphatic carbocycles. The van der Waals surface area contributed by atoms with Gasteiger partial charge in [-0.2, -0.15) is 0 Å². The smallest absolute Gasteiger partial charge is 0.349 e. The molecule has 26 heavy (non-hydrogen) atoms. The fourth-order valence-corrected chi connectivity index (χ4v) is 3.06. The van der Waals surface area contributed by atoms with Crippen molar-refractivity contribution in [1.82, 2.24) is 0 Å². The Morgan fingerprint density at radius 1 is 0.962 bits per heavy atom. The summed E-state index contributed by atoms with van der Waals surface area (Å²) in [5, 5.41) is 2.20. The maximum atomic E-state index is 12.1. The van der Waals surface area contributed by atoms with Gasteiger partial charge in [0, 0.05) is 0 Å². The lowest BCUT2D eigenvalue weighted by atomic mass is 9.87. The first-order chi connectivity index (χ1) is 12.3. The molecule has 0 saturated heterocycles. The largest absolute Gasteiger partial charge is 0.482 e. The van der Waals surface area contributed by atoms with E-state index in [0.29, 0.717) is 11.5 Å². The summed E-state index contributed by atoms with van der Waals surface area (Å²) in [5.41, 5.74) is 1.20. The molecule has 3 aromatic carbocycles. The Morgan fingerprint density at radius 2 is 1.69 bits per heavy atom. The van der Waals surface area contributed by atoms with E-state index in [9.17, 15) is 4.79 Å². The normalized spacial score (nSPS) is 11.4. The Hall–Kier alpha value is -2.33. The van der Waals surface area contributed by atoms with Crippen LogP contribution in [0.25, 0.3) is 10.8 Å². The summed E-state index contributed by atoms with van der Waals surface area (Å²) in [5.74, 6) is 0.690. The number of esters is 1. The van der Waals surface area contributed by atoms with Crippen LogP contribution < -0.4 is 9.47 Å². The molecular formula is C22H21BrO3. The van der Waals surface area contributed by atoms with Crippen LogP contribution in [-0.2, 0) is 10.2 Å². The van der Waals surface area contributed by atoms with Gasteiger partial charge >= 0.3 is 5.97 Å². The molecule has 0 aromatic heterocycles. The SMILES string of the molecule is CC(C)(C)c1ccc(OC(=O)COc2ccc3ccccc3c2)c(Br)c1. The van der Waals surface area contributed by atoms with Gasteiger partial charge in [-0.25, -0.2) is 4.79 Å². The third-order valence-electron chi connectivity index (χ3n) is 4.10. The molecule has 3 aromatic rings. The molecule has 0 N–H and O–H groups in total. The predicted octanol–water partition coefficient (Wildman–Crippen LogP) is 5.88. The first-order valence-electron chi connectivity index (χ1n) is 8.45. The number of carbonyl (C=O) groups is 1. The number of carbonyl (C=O) groups excluding carboxylic acids is 1. The third kappa shape index (κ3) is 4.44.